The highest BCUT2D eigenvalue weighted by Gasteiger charge is 2.23. The molecule has 7 heteroatoms. The van der Waals surface area contributed by atoms with E-state index in [-0.39, 0.29) is 12.8 Å². The van der Waals surface area contributed by atoms with Crippen LogP contribution in [0.25, 0.3) is 0 Å². The van der Waals surface area contributed by atoms with Gasteiger partial charge in [-0.2, -0.15) is 0 Å². The largest absolute Gasteiger partial charge is 0.492 e. The Bertz CT molecular complexity index is 481. The molecule has 1 aromatic rings. The second-order valence-electron chi connectivity index (χ2n) is 3.86. The van der Waals surface area contributed by atoms with Gasteiger partial charge in [0.15, 0.2) is 11.5 Å². The van der Waals surface area contributed by atoms with Gasteiger partial charge in [-0.15, -0.1) is 0 Å². The average molecular weight is 353 g/mol. The number of methoxy groups -OCH3 is 2. The zero-order chi connectivity index (χ0) is 14.6. The lowest BCUT2D eigenvalue weighted by Crippen LogP contribution is -2.14. The fourth-order valence-corrected chi connectivity index (χ4v) is 2.79. The Morgan fingerprint density at radius 2 is 2.05 bits per heavy atom. The van der Waals surface area contributed by atoms with E-state index >= 15 is 0 Å². The fourth-order valence-electron chi connectivity index (χ4n) is 1.76. The van der Waals surface area contributed by atoms with E-state index in [1.165, 1.54) is 14.2 Å². The summed E-state index contributed by atoms with van der Waals surface area (Å²) in [5, 5.41) is 9.10. The van der Waals surface area contributed by atoms with E-state index in [0.29, 0.717) is 26.6 Å². The molecule has 1 rings (SSSR count). The predicted octanol–water partition coefficient (Wildman–Crippen LogP) is 2.98. The van der Waals surface area contributed by atoms with E-state index in [1.54, 1.807) is 6.07 Å². The minimum Gasteiger partial charge on any atom is -0.492 e. The van der Waals surface area contributed by atoms with Crippen LogP contribution in [-0.4, -0.2) is 25.3 Å². The van der Waals surface area contributed by atoms with Gasteiger partial charge in [-0.05, 0) is 28.4 Å². The third-order valence-corrected chi connectivity index (χ3v) is 3.53. The maximum absolute atomic E-state index is 10.6. The smallest absolute Gasteiger partial charge is 0.303 e. The number of carbonyl (C=O) groups is 1. The van der Waals surface area contributed by atoms with Gasteiger partial charge < -0.3 is 20.3 Å². The molecule has 19 heavy (non-hydrogen) atoms. The van der Waals surface area contributed by atoms with Crippen molar-refractivity contribution in [2.24, 2.45) is 5.73 Å². The number of hydrogen-bond donors (Lipinski definition) is 2. The lowest BCUT2D eigenvalue weighted by atomic mass is 10.0. The van der Waals surface area contributed by atoms with E-state index in [2.05, 4.69) is 15.9 Å². The molecule has 0 spiro atoms. The molecule has 0 amide bonds. The molecule has 106 valence electrons. The van der Waals surface area contributed by atoms with Crippen LogP contribution in [0.2, 0.25) is 5.02 Å². The van der Waals surface area contributed by atoms with Gasteiger partial charge in [-0.3, -0.25) is 4.79 Å². The van der Waals surface area contributed by atoms with Crippen molar-refractivity contribution in [2.75, 3.05) is 14.2 Å². The number of hydrogen-bond acceptors (Lipinski definition) is 4. The Labute approximate surface area is 124 Å². The summed E-state index contributed by atoms with van der Waals surface area (Å²) in [6.07, 6.45) is 0.217. The van der Waals surface area contributed by atoms with Crippen LogP contribution >= 0.6 is 27.5 Å². The summed E-state index contributed by atoms with van der Waals surface area (Å²) in [7, 11) is 2.98. The molecule has 0 fully saturated rings. The van der Waals surface area contributed by atoms with Crippen LogP contribution in [-0.2, 0) is 4.79 Å². The molecule has 0 aliphatic carbocycles. The van der Waals surface area contributed by atoms with Crippen LogP contribution in [0.4, 0.5) is 0 Å². The highest BCUT2D eigenvalue weighted by Crippen LogP contribution is 2.44. The third-order valence-electron chi connectivity index (χ3n) is 2.63. The minimum atomic E-state index is -0.908. The summed E-state index contributed by atoms with van der Waals surface area (Å²) < 4.78 is 11.2. The van der Waals surface area contributed by atoms with Crippen molar-refractivity contribution in [1.82, 2.24) is 0 Å². The van der Waals surface area contributed by atoms with Crippen LogP contribution in [0.3, 0.4) is 0 Å². The van der Waals surface area contributed by atoms with Gasteiger partial charge in [0, 0.05) is 18.0 Å². The monoisotopic (exact) mass is 351 g/mol. The highest BCUT2D eigenvalue weighted by molar-refractivity contribution is 9.10. The Morgan fingerprint density at radius 3 is 2.53 bits per heavy atom. The number of nitrogens with two attached hydrogens (primary N) is 1. The molecule has 1 atom stereocenters. The van der Waals surface area contributed by atoms with Gasteiger partial charge in [-0.25, -0.2) is 0 Å². The van der Waals surface area contributed by atoms with Gasteiger partial charge in [0.1, 0.15) is 0 Å². The number of aliphatic carboxylic acids is 1. The van der Waals surface area contributed by atoms with Crippen LogP contribution in [0.1, 0.15) is 24.4 Å². The van der Waals surface area contributed by atoms with Gasteiger partial charge in [-0.1, -0.05) is 11.6 Å². The zero-order valence-electron chi connectivity index (χ0n) is 10.6. The third kappa shape index (κ3) is 3.75. The Morgan fingerprint density at radius 1 is 1.47 bits per heavy atom. The molecule has 1 aromatic carbocycles. The van der Waals surface area contributed by atoms with Crippen LogP contribution < -0.4 is 15.2 Å². The molecule has 3 N–H and O–H groups in total. The predicted molar refractivity (Wildman–Crippen MR) is 76.1 cm³/mol. The van der Waals surface area contributed by atoms with Crippen LogP contribution in [0.15, 0.2) is 10.5 Å². The quantitative estimate of drug-likeness (QED) is 0.822. The SMILES string of the molecule is COc1c(Br)cc(Cl)c(C(N)CCC(=O)O)c1OC. The molecule has 1 unspecified atom stereocenters. The molecular formula is C12H15BrClNO4. The standard InChI is InChI=1S/C12H15BrClNO4/c1-18-11-6(13)5-7(14)10(12(11)19-2)8(15)3-4-9(16)17/h5,8H,3-4,15H2,1-2H3,(H,16,17). The fraction of sp³-hybridized carbons (Fsp3) is 0.417. The topological polar surface area (TPSA) is 81.8 Å². The lowest BCUT2D eigenvalue weighted by molar-refractivity contribution is -0.137. The number of carboxylic acids is 1. The van der Waals surface area contributed by atoms with E-state index in [0.717, 1.165) is 0 Å². The molecule has 5 nitrogen and oxygen atoms in total. The maximum atomic E-state index is 10.6. The van der Waals surface area contributed by atoms with E-state index in [1.807, 2.05) is 0 Å². The molecule has 0 saturated carbocycles. The molecule has 0 aromatic heterocycles. The molecule has 0 saturated heterocycles. The summed E-state index contributed by atoms with van der Waals surface area (Å²) in [4.78, 5) is 10.6. The molecule has 0 radical (unpaired) electrons. The van der Waals surface area contributed by atoms with Crippen molar-refractivity contribution >= 4 is 33.5 Å². The van der Waals surface area contributed by atoms with Crippen molar-refractivity contribution in [3.63, 3.8) is 0 Å². The molecule has 0 aliphatic heterocycles. The summed E-state index contributed by atoms with van der Waals surface area (Å²) in [6, 6.07) is 1.11. The lowest BCUT2D eigenvalue weighted by Gasteiger charge is -2.20. The number of carboxylic acid groups (broad SMARTS) is 1. The van der Waals surface area contributed by atoms with E-state index in [9.17, 15) is 4.79 Å². The van der Waals surface area contributed by atoms with Gasteiger partial charge in [0.05, 0.1) is 23.7 Å². The van der Waals surface area contributed by atoms with Gasteiger partial charge >= 0.3 is 5.97 Å². The summed E-state index contributed by atoms with van der Waals surface area (Å²) in [5.41, 5.74) is 6.54. The second kappa shape index (κ2) is 6.98. The molecule has 0 aliphatic rings. The molecule has 0 bridgehead atoms. The summed E-state index contributed by atoms with van der Waals surface area (Å²) >= 11 is 9.48. The normalized spacial score (nSPS) is 12.1. The zero-order valence-corrected chi connectivity index (χ0v) is 12.9. The van der Waals surface area contributed by atoms with Crippen molar-refractivity contribution < 1.29 is 19.4 Å². The molecule has 0 heterocycles. The van der Waals surface area contributed by atoms with Crippen LogP contribution in [0.5, 0.6) is 11.5 Å². The summed E-state index contributed by atoms with van der Waals surface area (Å²) in [5.74, 6) is -0.0120. The maximum Gasteiger partial charge on any atom is 0.303 e. The first-order chi connectivity index (χ1) is 8.92. The van der Waals surface area contributed by atoms with Crippen LogP contribution in [0, 0.1) is 0 Å². The Hall–Kier alpha value is -0.980. The summed E-state index contributed by atoms with van der Waals surface area (Å²) in [6.45, 7) is 0. The Balaban J connectivity index is 3.21. The van der Waals surface area contributed by atoms with Crippen molar-refractivity contribution in [3.8, 4) is 11.5 Å². The van der Waals surface area contributed by atoms with Crippen molar-refractivity contribution in [3.05, 3.63) is 21.1 Å². The number of halogens is 2. The second-order valence-corrected chi connectivity index (χ2v) is 5.12. The minimum absolute atomic E-state index is 0.0426. The number of ether oxygens (including phenoxy) is 2. The first-order valence-electron chi connectivity index (χ1n) is 5.49. The van der Waals surface area contributed by atoms with E-state index < -0.39 is 12.0 Å². The number of rotatable bonds is 6. The first-order valence-corrected chi connectivity index (χ1v) is 6.66. The highest BCUT2D eigenvalue weighted by atomic mass is 79.9. The van der Waals surface area contributed by atoms with Crippen molar-refractivity contribution in [2.45, 2.75) is 18.9 Å². The average Bonchev–Trinajstić information content (AvgIpc) is 2.34. The van der Waals surface area contributed by atoms with E-state index in [4.69, 9.17) is 31.9 Å². The van der Waals surface area contributed by atoms with Crippen molar-refractivity contribution in [1.29, 1.82) is 0 Å². The Kier molecular flexibility index (Phi) is 5.90. The van der Waals surface area contributed by atoms with Gasteiger partial charge in [0.25, 0.3) is 0 Å². The van der Waals surface area contributed by atoms with Gasteiger partial charge in [0.2, 0.25) is 0 Å². The number of benzene rings is 1. The molecular weight excluding hydrogens is 337 g/mol. The first kappa shape index (κ1) is 16.1.